The number of hydrogen-bond donors (Lipinski definition) is 1. The van der Waals surface area contributed by atoms with Crippen LogP contribution in [0.4, 0.5) is 0 Å². The van der Waals surface area contributed by atoms with E-state index in [2.05, 4.69) is 15.0 Å². The van der Waals surface area contributed by atoms with Crippen LogP contribution in [0.15, 0.2) is 75.3 Å². The van der Waals surface area contributed by atoms with Gasteiger partial charge in [-0.15, -0.1) is 0 Å². The second-order valence-electron chi connectivity index (χ2n) is 7.21. The van der Waals surface area contributed by atoms with Gasteiger partial charge < -0.3 is 14.1 Å². The number of thioether (sulfide) groups is 1. The number of aromatic nitrogens is 5. The third-order valence-corrected chi connectivity index (χ3v) is 6.03. The van der Waals surface area contributed by atoms with E-state index < -0.39 is 0 Å². The first-order valence-electron chi connectivity index (χ1n) is 10.5. The maximum absolute atomic E-state index is 12.3. The lowest BCUT2D eigenvalue weighted by Gasteiger charge is -2.07. The third kappa shape index (κ3) is 4.03. The van der Waals surface area contributed by atoms with E-state index in [9.17, 15) is 4.79 Å². The Morgan fingerprint density at radius 2 is 1.88 bits per heavy atom. The van der Waals surface area contributed by atoms with Crippen molar-refractivity contribution in [3.05, 3.63) is 82.7 Å². The predicted molar refractivity (Wildman–Crippen MR) is 127 cm³/mol. The van der Waals surface area contributed by atoms with Gasteiger partial charge in [-0.2, -0.15) is 0 Å². The van der Waals surface area contributed by atoms with E-state index in [0.29, 0.717) is 34.6 Å². The first kappa shape index (κ1) is 21.0. The average Bonchev–Trinajstić information content (AvgIpc) is 3.40. The summed E-state index contributed by atoms with van der Waals surface area (Å²) in [5.74, 6) is 2.49. The Hall–Kier alpha value is -3.85. The molecule has 9 heteroatoms. The Balaban J connectivity index is 1.49. The van der Waals surface area contributed by atoms with Crippen LogP contribution in [0.3, 0.4) is 0 Å². The van der Waals surface area contributed by atoms with E-state index >= 15 is 0 Å². The molecule has 0 fully saturated rings. The fourth-order valence-corrected chi connectivity index (χ4v) is 4.54. The topological polar surface area (TPSA) is 98.8 Å². The maximum atomic E-state index is 12.3. The molecule has 8 nitrogen and oxygen atoms in total. The van der Waals surface area contributed by atoms with Crippen molar-refractivity contribution in [1.82, 2.24) is 24.5 Å². The Morgan fingerprint density at radius 1 is 1.09 bits per heavy atom. The van der Waals surface area contributed by atoms with Gasteiger partial charge in [-0.25, -0.2) is 15.0 Å². The highest BCUT2D eigenvalue weighted by Gasteiger charge is 2.19. The molecule has 0 aliphatic heterocycles. The van der Waals surface area contributed by atoms with E-state index in [1.54, 1.807) is 0 Å². The summed E-state index contributed by atoms with van der Waals surface area (Å²) in [5, 5.41) is 0.652. The zero-order valence-corrected chi connectivity index (χ0v) is 18.9. The van der Waals surface area contributed by atoms with E-state index in [1.165, 1.54) is 18.1 Å². The number of rotatable bonds is 7. The quantitative estimate of drug-likeness (QED) is 0.350. The molecule has 0 saturated heterocycles. The molecule has 0 radical (unpaired) electrons. The number of nitrogens with zero attached hydrogens (tertiary/aromatic N) is 4. The molecule has 5 rings (SSSR count). The molecule has 0 aliphatic carbocycles. The Morgan fingerprint density at radius 3 is 2.70 bits per heavy atom. The lowest BCUT2D eigenvalue weighted by molar-refractivity contribution is 0.340. The SMILES string of the molecule is CCOc1ccccc1-c1nc(CSc2nc3c(=O)[nH]cnc3n2-c2ccccc2)c(C)o1. The minimum atomic E-state index is -0.274. The molecule has 0 atom stereocenters. The minimum absolute atomic E-state index is 0.274. The Kier molecular flexibility index (Phi) is 5.70. The van der Waals surface area contributed by atoms with Crippen molar-refractivity contribution in [3.63, 3.8) is 0 Å². The normalized spacial score (nSPS) is 11.2. The summed E-state index contributed by atoms with van der Waals surface area (Å²) in [6.07, 6.45) is 1.39. The Bertz CT molecular complexity index is 1470. The largest absolute Gasteiger partial charge is 0.493 e. The summed E-state index contributed by atoms with van der Waals surface area (Å²) < 4.78 is 13.6. The summed E-state index contributed by atoms with van der Waals surface area (Å²) in [7, 11) is 0. The van der Waals surface area contributed by atoms with Crippen molar-refractivity contribution in [2.24, 2.45) is 0 Å². The van der Waals surface area contributed by atoms with Gasteiger partial charge in [-0.05, 0) is 38.1 Å². The van der Waals surface area contributed by atoms with Crippen molar-refractivity contribution in [2.75, 3.05) is 6.61 Å². The van der Waals surface area contributed by atoms with E-state index in [4.69, 9.17) is 14.1 Å². The van der Waals surface area contributed by atoms with Crippen molar-refractivity contribution in [2.45, 2.75) is 24.8 Å². The second kappa shape index (κ2) is 8.95. The molecule has 0 amide bonds. The van der Waals surface area contributed by atoms with E-state index in [1.807, 2.05) is 73.0 Å². The van der Waals surface area contributed by atoms with Crippen LogP contribution in [0.25, 0.3) is 28.3 Å². The van der Waals surface area contributed by atoms with Crippen molar-refractivity contribution in [3.8, 4) is 22.9 Å². The molecule has 166 valence electrons. The molecule has 0 unspecified atom stereocenters. The van der Waals surface area contributed by atoms with E-state index in [0.717, 1.165) is 28.5 Å². The number of para-hydroxylation sites is 2. The van der Waals surface area contributed by atoms with Crippen LogP contribution in [-0.2, 0) is 5.75 Å². The lowest BCUT2D eigenvalue weighted by atomic mass is 10.2. The maximum Gasteiger partial charge on any atom is 0.278 e. The van der Waals surface area contributed by atoms with Gasteiger partial charge in [0.05, 0.1) is 24.2 Å². The van der Waals surface area contributed by atoms with Crippen LogP contribution in [-0.4, -0.2) is 31.1 Å². The molecule has 1 N–H and O–H groups in total. The van der Waals surface area contributed by atoms with Crippen LogP contribution in [0.2, 0.25) is 0 Å². The van der Waals surface area contributed by atoms with Crippen LogP contribution in [0, 0.1) is 6.92 Å². The summed E-state index contributed by atoms with van der Waals surface area (Å²) in [5.41, 5.74) is 3.02. The molecule has 2 aromatic carbocycles. The van der Waals surface area contributed by atoms with Crippen LogP contribution in [0.5, 0.6) is 5.75 Å². The van der Waals surface area contributed by atoms with Crippen molar-refractivity contribution < 1.29 is 9.15 Å². The highest BCUT2D eigenvalue weighted by molar-refractivity contribution is 7.98. The molecule has 5 aromatic rings. The number of nitrogens with one attached hydrogen (secondary N) is 1. The molecule has 0 spiro atoms. The number of hydrogen-bond acceptors (Lipinski definition) is 7. The van der Waals surface area contributed by atoms with Gasteiger partial charge >= 0.3 is 0 Å². The number of aryl methyl sites for hydroxylation is 1. The third-order valence-electron chi connectivity index (χ3n) is 5.08. The molecular formula is C24H21N5O3S. The number of aromatic amines is 1. The zero-order chi connectivity index (χ0) is 22.8. The molecular weight excluding hydrogens is 438 g/mol. The smallest absolute Gasteiger partial charge is 0.278 e. The number of oxazole rings is 1. The van der Waals surface area contributed by atoms with Crippen LogP contribution in [0.1, 0.15) is 18.4 Å². The highest BCUT2D eigenvalue weighted by Crippen LogP contribution is 2.33. The minimum Gasteiger partial charge on any atom is -0.493 e. The number of benzene rings is 2. The molecule has 3 heterocycles. The first-order valence-corrected chi connectivity index (χ1v) is 11.5. The summed E-state index contributed by atoms with van der Waals surface area (Å²) >= 11 is 1.47. The predicted octanol–water partition coefficient (Wildman–Crippen LogP) is 4.76. The molecule has 33 heavy (non-hydrogen) atoms. The fourth-order valence-electron chi connectivity index (χ4n) is 3.53. The van der Waals surface area contributed by atoms with Gasteiger partial charge in [0.2, 0.25) is 5.89 Å². The average molecular weight is 460 g/mol. The summed E-state index contributed by atoms with van der Waals surface area (Å²) in [4.78, 5) is 28.6. The van der Waals surface area contributed by atoms with Gasteiger partial charge in [-0.3, -0.25) is 9.36 Å². The number of imidazole rings is 1. The lowest BCUT2D eigenvalue weighted by Crippen LogP contribution is -2.07. The second-order valence-corrected chi connectivity index (χ2v) is 8.15. The van der Waals surface area contributed by atoms with Gasteiger partial charge in [0, 0.05) is 11.4 Å². The molecule has 0 aliphatic rings. The standard InChI is InChI=1S/C24H21N5O3S/c1-3-31-19-12-8-7-11-17(19)23-27-18(15(2)32-23)13-33-24-28-20-21(25-14-26-22(20)30)29(24)16-9-5-4-6-10-16/h4-12,14H,3,13H2,1-2H3,(H,25,26,30). The molecule has 3 aromatic heterocycles. The monoisotopic (exact) mass is 459 g/mol. The highest BCUT2D eigenvalue weighted by atomic mass is 32.2. The summed E-state index contributed by atoms with van der Waals surface area (Å²) in [6, 6.07) is 17.4. The van der Waals surface area contributed by atoms with Crippen LogP contribution < -0.4 is 10.3 Å². The fraction of sp³-hybridized carbons (Fsp3) is 0.167. The number of fused-ring (bicyclic) bond motifs is 1. The zero-order valence-electron chi connectivity index (χ0n) is 18.1. The van der Waals surface area contributed by atoms with Crippen molar-refractivity contribution in [1.29, 1.82) is 0 Å². The van der Waals surface area contributed by atoms with Gasteiger partial charge in [0.1, 0.15) is 11.5 Å². The van der Waals surface area contributed by atoms with Gasteiger partial charge in [0.25, 0.3) is 5.56 Å². The summed E-state index contributed by atoms with van der Waals surface area (Å²) in [6.45, 7) is 4.39. The molecule has 0 bridgehead atoms. The molecule has 0 saturated carbocycles. The van der Waals surface area contributed by atoms with E-state index in [-0.39, 0.29) is 5.56 Å². The first-order chi connectivity index (χ1) is 16.2. The van der Waals surface area contributed by atoms with Crippen LogP contribution >= 0.6 is 11.8 Å². The number of ether oxygens (including phenoxy) is 1. The van der Waals surface area contributed by atoms with Gasteiger partial charge in [0.15, 0.2) is 16.3 Å². The Labute approximate surface area is 193 Å². The number of H-pyrrole nitrogens is 1. The van der Waals surface area contributed by atoms with Crippen molar-refractivity contribution >= 4 is 22.9 Å². The van der Waals surface area contributed by atoms with Gasteiger partial charge in [-0.1, -0.05) is 42.1 Å².